The summed E-state index contributed by atoms with van der Waals surface area (Å²) in [5.41, 5.74) is 0. The van der Waals surface area contributed by atoms with Crippen molar-refractivity contribution in [3.63, 3.8) is 0 Å². The topological polar surface area (TPSA) is 37.3 Å². The van der Waals surface area contributed by atoms with Gasteiger partial charge in [-0.05, 0) is 18.2 Å². The second-order valence-electron chi connectivity index (χ2n) is 3.01. The Morgan fingerprint density at radius 1 is 1.64 bits per heavy atom. The number of rotatable bonds is 4. The van der Waals surface area contributed by atoms with Crippen molar-refractivity contribution >= 4 is 17.7 Å². The zero-order chi connectivity index (χ0) is 10.6. The number of aliphatic carboxylic acids is 1. The van der Waals surface area contributed by atoms with Crippen molar-refractivity contribution in [2.75, 3.05) is 5.75 Å². The van der Waals surface area contributed by atoms with Crippen LogP contribution < -0.4 is 0 Å². The summed E-state index contributed by atoms with van der Waals surface area (Å²) in [6.45, 7) is 1.63. The van der Waals surface area contributed by atoms with Gasteiger partial charge in [-0.1, -0.05) is 13.0 Å². The third kappa shape index (κ3) is 3.38. The number of carboxylic acids is 1. The molecular weight excluding hydrogens is 203 g/mol. The lowest BCUT2D eigenvalue weighted by Gasteiger charge is -2.05. The molecule has 0 spiro atoms. The lowest BCUT2D eigenvalue weighted by Crippen LogP contribution is -2.11. The summed E-state index contributed by atoms with van der Waals surface area (Å²) < 4.78 is 12.7. The third-order valence-electron chi connectivity index (χ3n) is 1.72. The standard InChI is InChI=1S/C10H11FO2S/c1-7(10(12)13)6-14-9-4-2-3-8(11)5-9/h2-5,7H,6H2,1H3,(H,12,13). The van der Waals surface area contributed by atoms with Gasteiger partial charge in [-0.15, -0.1) is 11.8 Å². The number of thioether (sulfide) groups is 1. The Kier molecular flexibility index (Phi) is 3.95. The molecule has 1 aromatic rings. The Morgan fingerprint density at radius 2 is 2.36 bits per heavy atom. The quantitative estimate of drug-likeness (QED) is 0.783. The Morgan fingerprint density at radius 3 is 2.93 bits per heavy atom. The van der Waals surface area contributed by atoms with Crippen molar-refractivity contribution in [2.24, 2.45) is 5.92 Å². The molecule has 1 rings (SSSR count). The zero-order valence-electron chi connectivity index (χ0n) is 7.74. The molecule has 0 aliphatic carbocycles. The van der Waals surface area contributed by atoms with Crippen molar-refractivity contribution in [3.05, 3.63) is 30.1 Å². The van der Waals surface area contributed by atoms with Crippen LogP contribution in [0.5, 0.6) is 0 Å². The predicted octanol–water partition coefficient (Wildman–Crippen LogP) is 2.64. The number of benzene rings is 1. The van der Waals surface area contributed by atoms with E-state index in [2.05, 4.69) is 0 Å². The van der Waals surface area contributed by atoms with Crippen LogP contribution in [0.25, 0.3) is 0 Å². The summed E-state index contributed by atoms with van der Waals surface area (Å²) in [6.07, 6.45) is 0. The minimum absolute atomic E-state index is 0.294. The van der Waals surface area contributed by atoms with Gasteiger partial charge in [0.1, 0.15) is 5.82 Å². The highest BCUT2D eigenvalue weighted by Gasteiger charge is 2.10. The van der Waals surface area contributed by atoms with Crippen molar-refractivity contribution in [2.45, 2.75) is 11.8 Å². The highest BCUT2D eigenvalue weighted by molar-refractivity contribution is 7.99. The van der Waals surface area contributed by atoms with Crippen LogP contribution >= 0.6 is 11.8 Å². The van der Waals surface area contributed by atoms with Gasteiger partial charge in [0.15, 0.2) is 0 Å². The molecule has 0 saturated heterocycles. The minimum Gasteiger partial charge on any atom is -0.481 e. The van der Waals surface area contributed by atoms with Gasteiger partial charge in [0, 0.05) is 10.6 Å². The van der Waals surface area contributed by atoms with Crippen molar-refractivity contribution in [1.29, 1.82) is 0 Å². The summed E-state index contributed by atoms with van der Waals surface area (Å²) in [5.74, 6) is -1.08. The van der Waals surface area contributed by atoms with E-state index in [9.17, 15) is 9.18 Å². The molecule has 0 fully saturated rings. The number of carboxylic acid groups (broad SMARTS) is 1. The number of hydrogen-bond donors (Lipinski definition) is 1. The van der Waals surface area contributed by atoms with E-state index < -0.39 is 11.9 Å². The number of hydrogen-bond acceptors (Lipinski definition) is 2. The average Bonchev–Trinajstić information content (AvgIpc) is 2.14. The van der Waals surface area contributed by atoms with Crippen LogP contribution in [-0.4, -0.2) is 16.8 Å². The van der Waals surface area contributed by atoms with Crippen LogP contribution in [0.3, 0.4) is 0 Å². The molecule has 0 aliphatic rings. The molecule has 0 amide bonds. The number of carbonyl (C=O) groups is 1. The molecule has 0 bridgehead atoms. The molecule has 0 radical (unpaired) electrons. The van der Waals surface area contributed by atoms with Gasteiger partial charge in [0.2, 0.25) is 0 Å². The molecule has 0 heterocycles. The van der Waals surface area contributed by atoms with Gasteiger partial charge in [0.05, 0.1) is 5.92 Å². The molecule has 1 aromatic carbocycles. The van der Waals surface area contributed by atoms with Crippen LogP contribution in [-0.2, 0) is 4.79 Å². The first kappa shape index (κ1) is 11.0. The monoisotopic (exact) mass is 214 g/mol. The second-order valence-corrected chi connectivity index (χ2v) is 4.10. The molecule has 4 heteroatoms. The predicted molar refractivity (Wildman–Crippen MR) is 53.9 cm³/mol. The van der Waals surface area contributed by atoms with Crippen molar-refractivity contribution < 1.29 is 14.3 Å². The maximum absolute atomic E-state index is 12.7. The lowest BCUT2D eigenvalue weighted by atomic mass is 10.2. The van der Waals surface area contributed by atoms with E-state index in [0.29, 0.717) is 5.75 Å². The van der Waals surface area contributed by atoms with Crippen LogP contribution in [0, 0.1) is 11.7 Å². The third-order valence-corrected chi connectivity index (χ3v) is 2.97. The van der Waals surface area contributed by atoms with E-state index in [4.69, 9.17) is 5.11 Å². The Labute approximate surface area is 86.1 Å². The molecule has 1 unspecified atom stereocenters. The molecular formula is C10H11FO2S. The van der Waals surface area contributed by atoms with Crippen molar-refractivity contribution in [3.8, 4) is 0 Å². The van der Waals surface area contributed by atoms with Crippen LogP contribution in [0.15, 0.2) is 29.2 Å². The first-order valence-corrected chi connectivity index (χ1v) is 5.19. The zero-order valence-corrected chi connectivity index (χ0v) is 8.55. The Balaban J connectivity index is 2.49. The fourth-order valence-corrected chi connectivity index (χ4v) is 1.81. The van der Waals surface area contributed by atoms with E-state index >= 15 is 0 Å². The molecule has 1 N–H and O–H groups in total. The first-order valence-electron chi connectivity index (χ1n) is 4.21. The van der Waals surface area contributed by atoms with Crippen LogP contribution in [0.2, 0.25) is 0 Å². The second kappa shape index (κ2) is 5.00. The lowest BCUT2D eigenvalue weighted by molar-refractivity contribution is -0.140. The van der Waals surface area contributed by atoms with Gasteiger partial charge < -0.3 is 5.11 Å². The van der Waals surface area contributed by atoms with E-state index in [1.807, 2.05) is 0 Å². The Bertz CT molecular complexity index is 328. The summed E-state index contributed by atoms with van der Waals surface area (Å²) in [6, 6.07) is 6.15. The van der Waals surface area contributed by atoms with E-state index in [0.717, 1.165) is 4.90 Å². The van der Waals surface area contributed by atoms with Gasteiger partial charge in [-0.25, -0.2) is 4.39 Å². The van der Waals surface area contributed by atoms with Crippen LogP contribution in [0.4, 0.5) is 4.39 Å². The maximum atomic E-state index is 12.7. The first-order chi connectivity index (χ1) is 6.59. The molecule has 0 aliphatic heterocycles. The molecule has 2 nitrogen and oxygen atoms in total. The van der Waals surface area contributed by atoms with Crippen molar-refractivity contribution in [1.82, 2.24) is 0 Å². The average molecular weight is 214 g/mol. The molecule has 14 heavy (non-hydrogen) atoms. The summed E-state index contributed by atoms with van der Waals surface area (Å²) in [5, 5.41) is 8.63. The van der Waals surface area contributed by atoms with E-state index in [1.165, 1.54) is 23.9 Å². The Hall–Kier alpha value is -1.03. The fourth-order valence-electron chi connectivity index (χ4n) is 0.849. The SMILES string of the molecule is CC(CSc1cccc(F)c1)C(=O)O. The molecule has 0 aromatic heterocycles. The van der Waals surface area contributed by atoms with Gasteiger partial charge >= 0.3 is 5.97 Å². The minimum atomic E-state index is -0.825. The highest BCUT2D eigenvalue weighted by atomic mass is 32.2. The molecule has 0 saturated carbocycles. The molecule has 1 atom stereocenters. The van der Waals surface area contributed by atoms with E-state index in [-0.39, 0.29) is 5.82 Å². The smallest absolute Gasteiger partial charge is 0.307 e. The highest BCUT2D eigenvalue weighted by Crippen LogP contribution is 2.21. The van der Waals surface area contributed by atoms with Gasteiger partial charge in [0.25, 0.3) is 0 Å². The van der Waals surface area contributed by atoms with Gasteiger partial charge in [-0.2, -0.15) is 0 Å². The van der Waals surface area contributed by atoms with E-state index in [1.54, 1.807) is 19.1 Å². The fraction of sp³-hybridized carbons (Fsp3) is 0.300. The van der Waals surface area contributed by atoms with Crippen LogP contribution in [0.1, 0.15) is 6.92 Å². The number of halogens is 1. The largest absolute Gasteiger partial charge is 0.481 e. The normalized spacial score (nSPS) is 12.4. The summed E-state index contributed by atoms with van der Waals surface area (Å²) in [4.78, 5) is 11.3. The summed E-state index contributed by atoms with van der Waals surface area (Å²) >= 11 is 1.35. The summed E-state index contributed by atoms with van der Waals surface area (Å²) in [7, 11) is 0. The molecule has 76 valence electrons. The maximum Gasteiger partial charge on any atom is 0.307 e. The van der Waals surface area contributed by atoms with Gasteiger partial charge in [-0.3, -0.25) is 4.79 Å².